The third-order valence-corrected chi connectivity index (χ3v) is 8.74. The van der Waals surface area contributed by atoms with E-state index in [4.69, 9.17) is 16.6 Å². The second-order valence-corrected chi connectivity index (χ2v) is 13.6. The molecule has 0 aliphatic rings. The molecule has 0 fully saturated rings. The molecule has 17 N–H and O–H groups in total. The molecule has 0 bridgehead atoms. The van der Waals surface area contributed by atoms with E-state index in [0.717, 1.165) is 6.92 Å². The summed E-state index contributed by atoms with van der Waals surface area (Å²) >= 11 is 0. The summed E-state index contributed by atoms with van der Waals surface area (Å²) < 4.78 is 0. The second-order valence-electron chi connectivity index (χ2n) is 13.6. The number of aliphatic hydroxyl groups is 2. The fourth-order valence-electron chi connectivity index (χ4n) is 5.50. The highest BCUT2D eigenvalue weighted by Crippen LogP contribution is 2.07. The van der Waals surface area contributed by atoms with Gasteiger partial charge in [-0.05, 0) is 13.3 Å². The highest BCUT2D eigenvalue weighted by molar-refractivity contribution is 5.98. The Morgan fingerprint density at radius 3 is 1.44 bits per heavy atom. The highest BCUT2D eigenvalue weighted by Gasteiger charge is 2.35. The number of aliphatic carboxylic acids is 2. The van der Waals surface area contributed by atoms with E-state index >= 15 is 0 Å². The Kier molecular flexibility index (Phi) is 18.4. The molecule has 0 aromatic carbocycles. The number of carboxylic acid groups (broad SMARTS) is 2. The maximum atomic E-state index is 14.0. The minimum atomic E-state index is -1.82. The lowest BCUT2D eigenvalue weighted by atomic mass is 10.1. The minimum Gasteiger partial charge on any atom is -0.481 e. The van der Waals surface area contributed by atoms with Crippen LogP contribution in [-0.4, -0.2) is 159 Å². The summed E-state index contributed by atoms with van der Waals surface area (Å²) in [5, 5.41) is 52.9. The number of amides is 7. The number of H-pyrrole nitrogens is 3. The van der Waals surface area contributed by atoms with Crippen LogP contribution in [0.15, 0.2) is 37.6 Å². The van der Waals surface area contributed by atoms with Gasteiger partial charge in [0.2, 0.25) is 41.4 Å². The van der Waals surface area contributed by atoms with Gasteiger partial charge in [-0.2, -0.15) is 0 Å². The molecule has 27 nitrogen and oxygen atoms in total. The van der Waals surface area contributed by atoms with Crippen molar-refractivity contribution in [2.75, 3.05) is 6.61 Å². The van der Waals surface area contributed by atoms with Crippen molar-refractivity contribution in [2.24, 2.45) is 11.5 Å². The molecule has 3 aromatic rings. The zero-order chi connectivity index (χ0) is 45.2. The molecule has 0 unspecified atom stereocenters. The van der Waals surface area contributed by atoms with E-state index in [1.165, 1.54) is 37.6 Å². The smallest absolute Gasteiger partial charge is 0.326 e. The number of aliphatic hydroxyl groups excluding tert-OH is 2. The Bertz CT molecular complexity index is 1960. The number of nitrogens with zero attached hydrogens (tertiary/aromatic N) is 3. The fraction of sp³-hybridized carbons (Fsp3) is 0.471. The van der Waals surface area contributed by atoms with Gasteiger partial charge in [-0.25, -0.2) is 19.7 Å². The Balaban J connectivity index is 1.81. The Morgan fingerprint density at radius 2 is 1.03 bits per heavy atom. The molecule has 3 heterocycles. The van der Waals surface area contributed by atoms with Gasteiger partial charge in [-0.1, -0.05) is 0 Å². The van der Waals surface area contributed by atoms with E-state index < -0.39 is 121 Å². The molecule has 332 valence electrons. The predicted octanol–water partition coefficient (Wildman–Crippen LogP) is -6.68. The van der Waals surface area contributed by atoms with Crippen molar-refractivity contribution in [1.29, 1.82) is 0 Å². The summed E-state index contributed by atoms with van der Waals surface area (Å²) in [6.07, 6.45) is 3.81. The molecule has 0 saturated heterocycles. The zero-order valence-electron chi connectivity index (χ0n) is 32.5. The Labute approximate surface area is 345 Å². The van der Waals surface area contributed by atoms with E-state index in [0.29, 0.717) is 11.4 Å². The lowest BCUT2D eigenvalue weighted by Crippen LogP contribution is -2.62. The molecule has 7 amide bonds. The normalized spacial score (nSPS) is 15.0. The zero-order valence-corrected chi connectivity index (χ0v) is 32.5. The van der Waals surface area contributed by atoms with Crippen LogP contribution in [0.5, 0.6) is 0 Å². The lowest BCUT2D eigenvalue weighted by Gasteiger charge is -2.27. The molecule has 0 aliphatic carbocycles. The number of aromatic amines is 3. The summed E-state index contributed by atoms with van der Waals surface area (Å²) in [6.45, 7) is 0.0784. The number of nitrogens with two attached hydrogens (primary N) is 2. The average molecular weight is 861 g/mol. The van der Waals surface area contributed by atoms with Crippen LogP contribution in [0.3, 0.4) is 0 Å². The van der Waals surface area contributed by atoms with Crippen molar-refractivity contribution in [3.8, 4) is 0 Å². The first-order valence-corrected chi connectivity index (χ1v) is 18.4. The number of primary amides is 1. The molecule has 8 atom stereocenters. The second kappa shape index (κ2) is 23.4. The Morgan fingerprint density at radius 1 is 0.623 bits per heavy atom. The van der Waals surface area contributed by atoms with Crippen molar-refractivity contribution in [3.63, 3.8) is 0 Å². The lowest BCUT2D eigenvalue weighted by molar-refractivity contribution is -0.143. The van der Waals surface area contributed by atoms with Crippen molar-refractivity contribution in [1.82, 2.24) is 61.8 Å². The summed E-state index contributed by atoms with van der Waals surface area (Å²) in [6, 6.07) is -11.4. The molecule has 3 aromatic heterocycles. The van der Waals surface area contributed by atoms with Gasteiger partial charge in [0.25, 0.3) is 0 Å². The summed E-state index contributed by atoms with van der Waals surface area (Å²) in [5.74, 6) is -10.3. The summed E-state index contributed by atoms with van der Waals surface area (Å²) in [5.41, 5.74) is 11.9. The van der Waals surface area contributed by atoms with Crippen LogP contribution in [0.25, 0.3) is 0 Å². The van der Waals surface area contributed by atoms with Crippen LogP contribution in [0, 0.1) is 0 Å². The van der Waals surface area contributed by atoms with Gasteiger partial charge in [0, 0.05) is 61.4 Å². The van der Waals surface area contributed by atoms with Crippen LogP contribution in [-0.2, 0) is 62.4 Å². The van der Waals surface area contributed by atoms with E-state index in [-0.39, 0.29) is 31.4 Å². The first kappa shape index (κ1) is 48.1. The number of nitrogens with one attached hydrogen (secondary N) is 9. The van der Waals surface area contributed by atoms with Crippen LogP contribution < -0.4 is 43.4 Å². The van der Waals surface area contributed by atoms with Gasteiger partial charge in [0.05, 0.1) is 44.2 Å². The summed E-state index contributed by atoms with van der Waals surface area (Å²) in [7, 11) is 0. The van der Waals surface area contributed by atoms with Gasteiger partial charge >= 0.3 is 11.9 Å². The molecule has 0 aliphatic heterocycles. The Hall–Kier alpha value is -7.26. The van der Waals surface area contributed by atoms with Crippen molar-refractivity contribution >= 4 is 53.3 Å². The van der Waals surface area contributed by atoms with E-state index in [2.05, 4.69) is 61.8 Å². The molecule has 0 radical (unpaired) electrons. The van der Waals surface area contributed by atoms with Gasteiger partial charge in [0.15, 0.2) is 0 Å². The molecule has 0 spiro atoms. The molecule has 61 heavy (non-hydrogen) atoms. The van der Waals surface area contributed by atoms with Crippen molar-refractivity contribution < 1.29 is 63.6 Å². The maximum Gasteiger partial charge on any atom is 0.326 e. The number of hydrogen-bond acceptors (Lipinski definition) is 15. The third kappa shape index (κ3) is 15.8. The monoisotopic (exact) mass is 860 g/mol. The fourth-order valence-corrected chi connectivity index (χ4v) is 5.50. The van der Waals surface area contributed by atoms with E-state index in [1.54, 1.807) is 0 Å². The number of rotatable bonds is 26. The molecule has 3 rings (SSSR count). The standard InChI is InChI=1S/C34H48N14O13/c1-15(50)27(33(59)46-23(34(60)61)6-18-10-39-14-42-18)48-31(57)21(5-17-9-38-13-41-17)44-29(55)20(4-16-8-37-12-40-16)45-32(58)24(11-49)47-30(56)22(7-25(36)51)43-28(54)19(35)2-3-26(52)53/h8-10,12-15,19-24,27,49-50H,2-7,11,35H2,1H3,(H2,36,51)(H,37,40)(H,38,41)(H,39,42)(H,43,54)(H,44,55)(H,45,58)(H,46,59)(H,47,56)(H,48,57)(H,52,53)(H,60,61)/t15-,19+,20+,21+,22+,23+,24+,27+/m1/s1. The number of hydrogen-bond donors (Lipinski definition) is 15. The van der Waals surface area contributed by atoms with Crippen LogP contribution >= 0.6 is 0 Å². The van der Waals surface area contributed by atoms with Crippen molar-refractivity contribution in [2.45, 2.75) is 93.8 Å². The number of aromatic nitrogens is 6. The average Bonchev–Trinajstić information content (AvgIpc) is 4.02. The SMILES string of the molecule is C[C@@H](O)[C@H](NC(=O)[C@H](Cc1cnc[nH]1)NC(=O)[C@H](Cc1cnc[nH]1)NC(=O)[C@H](CO)NC(=O)[C@H](CC(N)=O)NC(=O)[C@@H](N)CCC(=O)O)C(=O)N[C@@H](Cc1cnc[nH]1)C(=O)O. The summed E-state index contributed by atoms with van der Waals surface area (Å²) in [4.78, 5) is 135. The highest BCUT2D eigenvalue weighted by atomic mass is 16.4. The topological polar surface area (TPSA) is 445 Å². The van der Waals surface area contributed by atoms with Gasteiger partial charge in [-0.3, -0.25) is 38.4 Å². The van der Waals surface area contributed by atoms with Crippen LogP contribution in [0.1, 0.15) is 43.3 Å². The quantitative estimate of drug-likeness (QED) is 0.0357. The molecule has 27 heteroatoms. The van der Waals surface area contributed by atoms with Crippen LogP contribution in [0.4, 0.5) is 0 Å². The third-order valence-electron chi connectivity index (χ3n) is 8.74. The van der Waals surface area contributed by atoms with E-state index in [1.807, 2.05) is 0 Å². The van der Waals surface area contributed by atoms with E-state index in [9.17, 15) is 58.5 Å². The minimum absolute atomic E-state index is 0.222. The number of imidazole rings is 3. The van der Waals surface area contributed by atoms with Crippen molar-refractivity contribution in [3.05, 3.63) is 54.7 Å². The number of carbonyl (C=O) groups excluding carboxylic acids is 7. The van der Waals surface area contributed by atoms with Gasteiger partial charge in [0.1, 0.15) is 36.3 Å². The maximum absolute atomic E-state index is 14.0. The first-order chi connectivity index (χ1) is 28.9. The predicted molar refractivity (Wildman–Crippen MR) is 204 cm³/mol. The molecule has 0 saturated carbocycles. The molecular weight excluding hydrogens is 812 g/mol. The number of carboxylic acids is 2. The number of carbonyl (C=O) groups is 9. The van der Waals surface area contributed by atoms with Gasteiger partial charge < -0.3 is 78.7 Å². The largest absolute Gasteiger partial charge is 0.481 e. The first-order valence-electron chi connectivity index (χ1n) is 18.4. The van der Waals surface area contributed by atoms with Gasteiger partial charge in [-0.15, -0.1) is 0 Å². The molecular formula is C34H48N14O13. The van der Waals surface area contributed by atoms with Crippen LogP contribution in [0.2, 0.25) is 0 Å².